The van der Waals surface area contributed by atoms with Gasteiger partial charge in [-0.15, -0.1) is 0 Å². The summed E-state index contributed by atoms with van der Waals surface area (Å²) in [6.45, 7) is 0.117. The van der Waals surface area contributed by atoms with E-state index in [9.17, 15) is 13.2 Å². The monoisotopic (exact) mass is 681 g/mol. The molecular weight excluding hydrogens is 643 g/mol. The standard InChI is InChI=1S/C37H38F3NO8/c1-42-29-15-9-25(10-16-29)21-45-32-24-48-35(49-36(37(38,39)40)41-28-7-5-4-6-8-28)34(47-23-27-13-19-31(44-3)20-14-27)33(32)46-22-26-11-17-30(43-2)18-12-26/h4-20,32-35H,21-24H2,1-3H3. The fourth-order valence-electron chi connectivity index (χ4n) is 5.01. The Morgan fingerprint density at radius 1 is 0.633 bits per heavy atom. The Kier molecular flexibility index (Phi) is 12.5. The maximum atomic E-state index is 14.3. The Morgan fingerprint density at radius 2 is 1.08 bits per heavy atom. The van der Waals surface area contributed by atoms with Gasteiger partial charge in [-0.3, -0.25) is 0 Å². The van der Waals surface area contributed by atoms with Crippen molar-refractivity contribution in [1.82, 2.24) is 0 Å². The van der Waals surface area contributed by atoms with Crippen molar-refractivity contribution in [3.8, 4) is 17.2 Å². The Balaban J connectivity index is 1.45. The van der Waals surface area contributed by atoms with Crippen LogP contribution in [0.1, 0.15) is 16.7 Å². The van der Waals surface area contributed by atoms with E-state index < -0.39 is 36.7 Å². The molecule has 5 rings (SSSR count). The van der Waals surface area contributed by atoms with E-state index in [0.29, 0.717) is 17.2 Å². The molecule has 1 aliphatic rings. The van der Waals surface area contributed by atoms with Gasteiger partial charge in [-0.05, 0) is 65.2 Å². The van der Waals surface area contributed by atoms with Gasteiger partial charge in [0.1, 0.15) is 35.6 Å². The summed E-state index contributed by atoms with van der Waals surface area (Å²) in [4.78, 5) is 3.77. The molecule has 0 radical (unpaired) electrons. The van der Waals surface area contributed by atoms with Crippen LogP contribution in [-0.2, 0) is 43.5 Å². The molecule has 0 aliphatic carbocycles. The van der Waals surface area contributed by atoms with Gasteiger partial charge in [0.15, 0.2) is 0 Å². The Labute approximate surface area is 283 Å². The van der Waals surface area contributed by atoms with E-state index in [1.807, 2.05) is 36.4 Å². The van der Waals surface area contributed by atoms with Crippen LogP contribution in [0.2, 0.25) is 0 Å². The topological polar surface area (TPSA) is 86.2 Å². The Hall–Kier alpha value is -4.62. The van der Waals surface area contributed by atoms with Gasteiger partial charge in [-0.2, -0.15) is 13.2 Å². The molecule has 1 heterocycles. The normalized spacial score (nSPS) is 19.7. The number of methoxy groups -OCH3 is 3. The van der Waals surface area contributed by atoms with Crippen LogP contribution >= 0.6 is 0 Å². The molecule has 0 spiro atoms. The summed E-state index contributed by atoms with van der Waals surface area (Å²) in [6, 6.07) is 29.4. The zero-order valence-electron chi connectivity index (χ0n) is 27.3. The highest BCUT2D eigenvalue weighted by molar-refractivity contribution is 5.84. The van der Waals surface area contributed by atoms with Crippen molar-refractivity contribution >= 4 is 11.6 Å². The molecule has 1 aliphatic heterocycles. The highest BCUT2D eigenvalue weighted by atomic mass is 19.4. The number of rotatable bonds is 14. The lowest BCUT2D eigenvalue weighted by Crippen LogP contribution is -2.57. The summed E-state index contributed by atoms with van der Waals surface area (Å²) in [5.74, 6) is 0.524. The van der Waals surface area contributed by atoms with Crippen LogP contribution in [0.25, 0.3) is 0 Å². The van der Waals surface area contributed by atoms with Gasteiger partial charge in [0.2, 0.25) is 6.29 Å². The van der Waals surface area contributed by atoms with Crippen LogP contribution < -0.4 is 14.2 Å². The third kappa shape index (κ3) is 10.2. The Bertz CT molecular complexity index is 1600. The van der Waals surface area contributed by atoms with E-state index in [-0.39, 0.29) is 32.1 Å². The second-order valence-corrected chi connectivity index (χ2v) is 11.0. The van der Waals surface area contributed by atoms with E-state index in [4.69, 9.17) is 37.9 Å². The fourth-order valence-corrected chi connectivity index (χ4v) is 5.01. The summed E-state index contributed by atoms with van der Waals surface area (Å²) in [7, 11) is 4.70. The maximum Gasteiger partial charge on any atom is 0.468 e. The molecule has 0 N–H and O–H groups in total. The smallest absolute Gasteiger partial charge is 0.468 e. The first-order valence-electron chi connectivity index (χ1n) is 15.5. The van der Waals surface area contributed by atoms with E-state index in [1.54, 1.807) is 75.9 Å². The van der Waals surface area contributed by atoms with Crippen molar-refractivity contribution in [3.05, 3.63) is 120 Å². The minimum atomic E-state index is -4.93. The number of hydrogen-bond donors (Lipinski definition) is 0. The van der Waals surface area contributed by atoms with Crippen LogP contribution in [-0.4, -0.2) is 64.6 Å². The molecule has 4 aromatic carbocycles. The van der Waals surface area contributed by atoms with Crippen LogP contribution in [0.5, 0.6) is 17.2 Å². The largest absolute Gasteiger partial charge is 0.497 e. The zero-order chi connectivity index (χ0) is 34.6. The average Bonchev–Trinajstić information content (AvgIpc) is 3.13. The van der Waals surface area contributed by atoms with Crippen molar-refractivity contribution in [2.45, 2.75) is 50.6 Å². The van der Waals surface area contributed by atoms with E-state index in [0.717, 1.165) is 16.7 Å². The second kappa shape index (κ2) is 17.2. The summed E-state index contributed by atoms with van der Waals surface area (Å²) in [6.07, 6.45) is -9.34. The lowest BCUT2D eigenvalue weighted by molar-refractivity contribution is -0.286. The summed E-state index contributed by atoms with van der Waals surface area (Å²) in [5, 5.41) is 0. The minimum absolute atomic E-state index is 0.00263. The SMILES string of the molecule is COc1ccc(COC2COC(OC(=Nc3ccccc3)C(F)(F)F)C(OCc3ccc(OC)cc3)C2OCc2ccc(OC)cc2)cc1. The number of ether oxygens (including phenoxy) is 8. The molecule has 4 unspecified atom stereocenters. The van der Waals surface area contributed by atoms with Crippen LogP contribution in [0.15, 0.2) is 108 Å². The van der Waals surface area contributed by atoms with Gasteiger partial charge in [-0.25, -0.2) is 4.99 Å². The summed E-state index contributed by atoms with van der Waals surface area (Å²) in [5.41, 5.74) is 2.45. The van der Waals surface area contributed by atoms with Gasteiger partial charge in [-0.1, -0.05) is 54.6 Å². The van der Waals surface area contributed by atoms with Crippen LogP contribution in [0, 0.1) is 0 Å². The van der Waals surface area contributed by atoms with Crippen molar-refractivity contribution in [2.75, 3.05) is 27.9 Å². The molecule has 1 fully saturated rings. The molecule has 260 valence electrons. The molecule has 0 bridgehead atoms. The first kappa shape index (κ1) is 35.7. The molecule has 0 saturated carbocycles. The first-order chi connectivity index (χ1) is 23.7. The number of hydrogen-bond acceptors (Lipinski definition) is 9. The first-order valence-corrected chi connectivity index (χ1v) is 15.5. The van der Waals surface area contributed by atoms with Gasteiger partial charge >= 0.3 is 6.18 Å². The van der Waals surface area contributed by atoms with Crippen LogP contribution in [0.3, 0.4) is 0 Å². The van der Waals surface area contributed by atoms with Crippen molar-refractivity contribution in [3.63, 3.8) is 0 Å². The molecule has 0 amide bonds. The van der Waals surface area contributed by atoms with Crippen molar-refractivity contribution < 1.29 is 51.1 Å². The molecular formula is C37H38F3NO8. The van der Waals surface area contributed by atoms with E-state index in [2.05, 4.69) is 4.99 Å². The molecule has 0 aromatic heterocycles. The number of alkyl halides is 3. The predicted octanol–water partition coefficient (Wildman–Crippen LogP) is 7.43. The lowest BCUT2D eigenvalue weighted by Gasteiger charge is -2.41. The zero-order valence-corrected chi connectivity index (χ0v) is 27.3. The molecule has 1 saturated heterocycles. The Morgan fingerprint density at radius 3 is 1.53 bits per heavy atom. The quantitative estimate of drug-likeness (QED) is 0.100. The average molecular weight is 682 g/mol. The fraction of sp³-hybridized carbons (Fsp3) is 0.324. The summed E-state index contributed by atoms with van der Waals surface area (Å²) >= 11 is 0. The van der Waals surface area contributed by atoms with Crippen molar-refractivity contribution in [2.24, 2.45) is 4.99 Å². The molecule has 9 nitrogen and oxygen atoms in total. The minimum Gasteiger partial charge on any atom is -0.497 e. The maximum absolute atomic E-state index is 14.3. The van der Waals surface area contributed by atoms with Crippen LogP contribution in [0.4, 0.5) is 18.9 Å². The summed E-state index contributed by atoms with van der Waals surface area (Å²) < 4.78 is 89.3. The third-order valence-electron chi connectivity index (χ3n) is 7.67. The van der Waals surface area contributed by atoms with Gasteiger partial charge in [0.25, 0.3) is 5.90 Å². The van der Waals surface area contributed by atoms with E-state index in [1.165, 1.54) is 12.1 Å². The van der Waals surface area contributed by atoms with E-state index >= 15 is 0 Å². The van der Waals surface area contributed by atoms with Gasteiger partial charge in [0, 0.05) is 0 Å². The molecule has 4 aromatic rings. The van der Waals surface area contributed by atoms with Gasteiger partial charge in [0.05, 0.1) is 53.4 Å². The molecule has 4 atom stereocenters. The second-order valence-electron chi connectivity index (χ2n) is 11.0. The highest BCUT2D eigenvalue weighted by Gasteiger charge is 2.48. The lowest BCUT2D eigenvalue weighted by atomic mass is 10.0. The van der Waals surface area contributed by atoms with Gasteiger partial charge < -0.3 is 37.9 Å². The number of para-hydroxylation sites is 1. The highest BCUT2D eigenvalue weighted by Crippen LogP contribution is 2.31. The number of halogens is 3. The van der Waals surface area contributed by atoms with Crippen molar-refractivity contribution in [1.29, 1.82) is 0 Å². The number of benzene rings is 4. The predicted molar refractivity (Wildman–Crippen MR) is 175 cm³/mol. The molecule has 12 heteroatoms. The number of nitrogens with zero attached hydrogens (tertiary/aromatic N) is 1. The number of aliphatic imine (C=N–C) groups is 1. The third-order valence-corrected chi connectivity index (χ3v) is 7.67. The molecule has 49 heavy (non-hydrogen) atoms.